The summed E-state index contributed by atoms with van der Waals surface area (Å²) >= 11 is 1.62. The highest BCUT2D eigenvalue weighted by molar-refractivity contribution is 8.08. The SMILES string of the molecule is O=C1C(=O)c2ccccc2C2=C1C=CCS2. The number of hydrogen-bond donors (Lipinski definition) is 0. The highest BCUT2D eigenvalue weighted by Crippen LogP contribution is 2.39. The predicted molar refractivity (Wildman–Crippen MR) is 64.3 cm³/mol. The van der Waals surface area contributed by atoms with Gasteiger partial charge in [-0.05, 0) is 0 Å². The van der Waals surface area contributed by atoms with Gasteiger partial charge in [0.2, 0.25) is 11.6 Å². The van der Waals surface area contributed by atoms with Crippen molar-refractivity contribution in [3.05, 3.63) is 53.1 Å². The number of hydrogen-bond acceptors (Lipinski definition) is 3. The fourth-order valence-electron chi connectivity index (χ4n) is 1.98. The molecule has 0 saturated heterocycles. The number of fused-ring (bicyclic) bond motifs is 2. The van der Waals surface area contributed by atoms with Crippen LogP contribution in [0.3, 0.4) is 0 Å². The molecule has 0 atom stereocenters. The summed E-state index contributed by atoms with van der Waals surface area (Å²) in [5.74, 6) is 0.0907. The Hall–Kier alpha value is -1.61. The Kier molecular flexibility index (Phi) is 2.07. The Morgan fingerprint density at radius 3 is 2.56 bits per heavy atom. The zero-order chi connectivity index (χ0) is 11.1. The summed E-state index contributed by atoms with van der Waals surface area (Å²) in [5.41, 5.74) is 1.99. The van der Waals surface area contributed by atoms with Crippen molar-refractivity contribution in [2.24, 2.45) is 0 Å². The lowest BCUT2D eigenvalue weighted by atomic mass is 9.89. The van der Waals surface area contributed by atoms with Crippen molar-refractivity contribution >= 4 is 28.2 Å². The number of ketones is 2. The minimum absolute atomic E-state index is 0.378. The van der Waals surface area contributed by atoms with Gasteiger partial charge in [0.15, 0.2) is 0 Å². The van der Waals surface area contributed by atoms with Gasteiger partial charge in [-0.25, -0.2) is 0 Å². The molecule has 0 N–H and O–H groups in total. The maximum absolute atomic E-state index is 11.9. The molecule has 3 heteroatoms. The third kappa shape index (κ3) is 1.21. The summed E-state index contributed by atoms with van der Waals surface area (Å²) < 4.78 is 0. The second kappa shape index (κ2) is 3.46. The van der Waals surface area contributed by atoms with E-state index in [1.165, 1.54) is 0 Å². The average Bonchev–Trinajstić information content (AvgIpc) is 2.36. The van der Waals surface area contributed by atoms with Gasteiger partial charge in [-0.1, -0.05) is 36.4 Å². The van der Waals surface area contributed by atoms with Crippen molar-refractivity contribution < 1.29 is 9.59 Å². The van der Waals surface area contributed by atoms with E-state index in [2.05, 4.69) is 0 Å². The smallest absolute Gasteiger partial charge is 0.234 e. The minimum Gasteiger partial charge on any atom is -0.285 e. The first-order valence-corrected chi connectivity index (χ1v) is 5.99. The third-order valence-corrected chi connectivity index (χ3v) is 3.81. The molecule has 1 heterocycles. The first-order chi connectivity index (χ1) is 7.79. The van der Waals surface area contributed by atoms with Crippen LogP contribution in [0.1, 0.15) is 15.9 Å². The summed E-state index contributed by atoms with van der Waals surface area (Å²) in [7, 11) is 0. The zero-order valence-corrected chi connectivity index (χ0v) is 9.21. The minimum atomic E-state index is -0.387. The fourth-order valence-corrected chi connectivity index (χ4v) is 2.99. The molecular weight excluding hydrogens is 220 g/mol. The summed E-state index contributed by atoms with van der Waals surface area (Å²) in [5, 5.41) is 0. The first kappa shape index (κ1) is 9.60. The number of allylic oxidation sites excluding steroid dienone is 2. The van der Waals surface area contributed by atoms with Gasteiger partial charge in [-0.3, -0.25) is 9.59 Å². The van der Waals surface area contributed by atoms with Gasteiger partial charge < -0.3 is 0 Å². The van der Waals surface area contributed by atoms with Gasteiger partial charge in [-0.15, -0.1) is 11.8 Å². The van der Waals surface area contributed by atoms with Crippen LogP contribution < -0.4 is 0 Å². The van der Waals surface area contributed by atoms with Crippen molar-refractivity contribution in [1.29, 1.82) is 0 Å². The first-order valence-electron chi connectivity index (χ1n) is 5.01. The van der Waals surface area contributed by atoms with E-state index in [0.717, 1.165) is 16.2 Å². The van der Waals surface area contributed by atoms with Crippen LogP contribution in [-0.2, 0) is 4.79 Å². The highest BCUT2D eigenvalue weighted by atomic mass is 32.2. The highest BCUT2D eigenvalue weighted by Gasteiger charge is 2.32. The lowest BCUT2D eigenvalue weighted by Gasteiger charge is -2.21. The molecule has 0 radical (unpaired) electrons. The molecule has 3 rings (SSSR count). The molecule has 0 amide bonds. The Balaban J connectivity index is 2.33. The molecular formula is C13H8O2S. The van der Waals surface area contributed by atoms with E-state index in [0.29, 0.717) is 11.1 Å². The molecule has 0 spiro atoms. The van der Waals surface area contributed by atoms with E-state index in [-0.39, 0.29) is 11.6 Å². The molecule has 78 valence electrons. The second-order valence-corrected chi connectivity index (χ2v) is 4.69. The normalized spacial score (nSPS) is 18.5. The van der Waals surface area contributed by atoms with Gasteiger partial charge in [0.05, 0.1) is 0 Å². The predicted octanol–water partition coefficient (Wildman–Crippen LogP) is 2.47. The second-order valence-electron chi connectivity index (χ2n) is 3.66. The monoisotopic (exact) mass is 228 g/mol. The Morgan fingerprint density at radius 2 is 1.75 bits per heavy atom. The number of thioether (sulfide) groups is 1. The summed E-state index contributed by atoms with van der Waals surface area (Å²) in [6.07, 6.45) is 3.69. The van der Waals surface area contributed by atoms with E-state index in [1.807, 2.05) is 18.2 Å². The summed E-state index contributed by atoms with van der Waals surface area (Å²) in [6, 6.07) is 7.31. The summed E-state index contributed by atoms with van der Waals surface area (Å²) in [6.45, 7) is 0. The van der Waals surface area contributed by atoms with Crippen molar-refractivity contribution in [1.82, 2.24) is 0 Å². The Bertz CT molecular complexity index is 567. The molecule has 0 saturated carbocycles. The van der Waals surface area contributed by atoms with Crippen molar-refractivity contribution in [2.45, 2.75) is 0 Å². The van der Waals surface area contributed by atoms with Crippen LogP contribution in [0.25, 0.3) is 4.91 Å². The van der Waals surface area contributed by atoms with E-state index in [1.54, 1.807) is 30.0 Å². The van der Waals surface area contributed by atoms with Gasteiger partial charge in [0, 0.05) is 27.4 Å². The maximum atomic E-state index is 11.9. The van der Waals surface area contributed by atoms with Crippen LogP contribution in [0.5, 0.6) is 0 Å². The van der Waals surface area contributed by atoms with Gasteiger partial charge >= 0.3 is 0 Å². The van der Waals surface area contributed by atoms with Crippen LogP contribution in [-0.4, -0.2) is 17.3 Å². The van der Waals surface area contributed by atoms with E-state index >= 15 is 0 Å². The molecule has 1 aliphatic carbocycles. The molecule has 0 bridgehead atoms. The Labute approximate surface area is 97.0 Å². The van der Waals surface area contributed by atoms with E-state index in [4.69, 9.17) is 0 Å². The van der Waals surface area contributed by atoms with Crippen LogP contribution in [0.4, 0.5) is 0 Å². The molecule has 0 fully saturated rings. The molecule has 1 aromatic rings. The zero-order valence-electron chi connectivity index (χ0n) is 8.40. The van der Waals surface area contributed by atoms with Crippen molar-refractivity contribution in [2.75, 3.05) is 5.75 Å². The average molecular weight is 228 g/mol. The number of carbonyl (C=O) groups excluding carboxylic acids is 2. The fraction of sp³-hybridized carbons (Fsp3) is 0.0769. The number of rotatable bonds is 0. The molecule has 1 aromatic carbocycles. The Morgan fingerprint density at radius 1 is 1.00 bits per heavy atom. The standard InChI is InChI=1S/C13H8O2S/c14-11-8-4-1-2-5-9(8)13-10(12(11)15)6-3-7-16-13/h1-6H,7H2. The molecule has 0 unspecified atom stereocenters. The molecule has 1 aliphatic heterocycles. The topological polar surface area (TPSA) is 34.1 Å². The van der Waals surface area contributed by atoms with Crippen LogP contribution >= 0.6 is 11.8 Å². The van der Waals surface area contributed by atoms with Crippen LogP contribution in [0.15, 0.2) is 42.0 Å². The number of Topliss-reactive ketones (excluding diaryl/α,β-unsaturated/α-hetero) is 2. The molecule has 2 aliphatic rings. The van der Waals surface area contributed by atoms with Crippen LogP contribution in [0.2, 0.25) is 0 Å². The number of carbonyl (C=O) groups is 2. The van der Waals surface area contributed by atoms with Crippen molar-refractivity contribution in [3.8, 4) is 0 Å². The largest absolute Gasteiger partial charge is 0.285 e. The summed E-state index contributed by atoms with van der Waals surface area (Å²) in [4.78, 5) is 24.6. The van der Waals surface area contributed by atoms with Gasteiger partial charge in [0.1, 0.15) is 0 Å². The van der Waals surface area contributed by atoms with Crippen molar-refractivity contribution in [3.63, 3.8) is 0 Å². The lowest BCUT2D eigenvalue weighted by Crippen LogP contribution is -2.23. The molecule has 0 aromatic heterocycles. The third-order valence-electron chi connectivity index (χ3n) is 2.72. The lowest BCUT2D eigenvalue weighted by molar-refractivity contribution is -0.111. The quantitative estimate of drug-likeness (QED) is 0.640. The van der Waals surface area contributed by atoms with E-state index in [9.17, 15) is 9.59 Å². The number of benzene rings is 1. The van der Waals surface area contributed by atoms with Crippen LogP contribution in [0, 0.1) is 0 Å². The van der Waals surface area contributed by atoms with Gasteiger partial charge in [0.25, 0.3) is 0 Å². The molecule has 2 nitrogen and oxygen atoms in total. The maximum Gasteiger partial charge on any atom is 0.234 e. The van der Waals surface area contributed by atoms with E-state index < -0.39 is 0 Å². The molecule has 16 heavy (non-hydrogen) atoms. The van der Waals surface area contributed by atoms with Gasteiger partial charge in [-0.2, -0.15) is 0 Å².